The van der Waals surface area contributed by atoms with Crippen molar-refractivity contribution in [3.8, 4) is 0 Å². The number of aliphatic hydroxyl groups excluding tert-OH is 1. The van der Waals surface area contributed by atoms with E-state index in [9.17, 15) is 14.7 Å². The maximum atomic E-state index is 13.5. The fourth-order valence-corrected chi connectivity index (χ4v) is 4.05. The van der Waals surface area contributed by atoms with Gasteiger partial charge in [-0.1, -0.05) is 38.9 Å². The number of hydrogen-bond donors (Lipinski definition) is 1. The lowest BCUT2D eigenvalue weighted by Crippen LogP contribution is -2.43. The van der Waals surface area contributed by atoms with Gasteiger partial charge in [-0.15, -0.1) is 0 Å². The monoisotopic (exact) mass is 430 g/mol. The van der Waals surface area contributed by atoms with Crippen LogP contribution in [0, 0.1) is 29.0 Å². The molecule has 1 heterocycles. The van der Waals surface area contributed by atoms with Gasteiger partial charge in [0.2, 0.25) is 0 Å². The quantitative estimate of drug-likeness (QED) is 0.624. The highest BCUT2D eigenvalue weighted by Gasteiger charge is 2.43. The predicted molar refractivity (Wildman–Crippen MR) is 115 cm³/mol. The smallest absolute Gasteiger partial charge is 0.311 e. The Morgan fingerprint density at radius 2 is 2.27 bits per heavy atom. The van der Waals surface area contributed by atoms with E-state index in [-0.39, 0.29) is 31.3 Å². The van der Waals surface area contributed by atoms with Crippen molar-refractivity contribution >= 4 is 11.9 Å². The van der Waals surface area contributed by atoms with Crippen LogP contribution < -0.4 is 0 Å². The Hall–Kier alpha value is -1.62. The van der Waals surface area contributed by atoms with Crippen molar-refractivity contribution in [2.75, 3.05) is 0 Å². The van der Waals surface area contributed by atoms with Gasteiger partial charge in [-0.2, -0.15) is 0 Å². The van der Waals surface area contributed by atoms with Crippen LogP contribution in [0.5, 0.6) is 0 Å². The largest absolute Gasteiger partial charge is 0.462 e. The van der Waals surface area contributed by atoms with Gasteiger partial charge in [-0.25, -0.2) is 0 Å². The lowest BCUT2D eigenvalue weighted by molar-refractivity contribution is -0.166. The zero-order valence-electron chi connectivity index (χ0n) is 29.8. The standard InChI is InChI=1S/C25H38O5/c1-6-25(4,5)24(28)30-21-12-15(2)11-17-8-7-16(3)20(23(17)21)10-9-19-13-18(26)14-22(27)29-19/h7-8,11,15-16,18-21,23,26H,6,9-10,12-14H2,1-5H3/t15-,16-,18+,19?,20-,21?,23-/m0/s1/i1D3,6D2,7D,8D,11D,12D2,15D,16D. The summed E-state index contributed by atoms with van der Waals surface area (Å²) < 4.78 is 112. The number of rotatable bonds is 6. The van der Waals surface area contributed by atoms with E-state index in [0.717, 1.165) is 20.8 Å². The van der Waals surface area contributed by atoms with E-state index < -0.39 is 97.0 Å². The molecule has 0 spiro atoms. The molecule has 168 valence electrons. The second kappa shape index (κ2) is 9.25. The van der Waals surface area contributed by atoms with E-state index in [1.54, 1.807) is 0 Å². The summed E-state index contributed by atoms with van der Waals surface area (Å²) in [4.78, 5) is 25.4. The molecular formula is C25H38O5. The Kier molecular flexibility index (Phi) is 3.65. The van der Waals surface area contributed by atoms with Gasteiger partial charge in [0.15, 0.2) is 0 Å². The Balaban J connectivity index is 2.17. The summed E-state index contributed by atoms with van der Waals surface area (Å²) in [5.74, 6) is -8.94. The van der Waals surface area contributed by atoms with E-state index in [2.05, 4.69) is 0 Å². The number of fused-ring (bicyclic) bond motifs is 1. The zero-order chi connectivity index (χ0) is 32.6. The van der Waals surface area contributed by atoms with Gasteiger partial charge < -0.3 is 14.6 Å². The lowest BCUT2D eigenvalue weighted by Gasteiger charge is -2.44. The van der Waals surface area contributed by atoms with Gasteiger partial charge in [0.1, 0.15) is 12.2 Å². The first-order chi connectivity index (χ1) is 18.7. The van der Waals surface area contributed by atoms with Crippen molar-refractivity contribution in [3.05, 3.63) is 23.7 Å². The van der Waals surface area contributed by atoms with Gasteiger partial charge in [-0.3, -0.25) is 9.59 Å². The first-order valence-corrected chi connectivity index (χ1v) is 10.2. The van der Waals surface area contributed by atoms with E-state index in [1.165, 1.54) is 6.92 Å². The molecule has 30 heavy (non-hydrogen) atoms. The van der Waals surface area contributed by atoms with E-state index >= 15 is 0 Å². The topological polar surface area (TPSA) is 72.8 Å². The normalized spacial score (nSPS) is 50.8. The van der Waals surface area contributed by atoms with Crippen molar-refractivity contribution in [3.63, 3.8) is 0 Å². The minimum Gasteiger partial charge on any atom is -0.462 e. The summed E-state index contributed by atoms with van der Waals surface area (Å²) in [5, 5.41) is 10.0. The SMILES string of the molecule is [2H]C1=C([2H])[C@]([2H])(C)[C@H](CCC2C[C@@H](O)CC(=O)O2)[C@@H]2C1=C([2H])[C@]([2H])(C)C([2H])([2H])C2OC(=O)C(C)(C)C([2H])([2H])C([2H])([2H])[2H]. The van der Waals surface area contributed by atoms with Crippen LogP contribution in [0.25, 0.3) is 0 Å². The van der Waals surface area contributed by atoms with Crippen LogP contribution in [0.4, 0.5) is 0 Å². The molecule has 3 aliphatic rings. The Labute approximate surface area is 197 Å². The molecule has 2 unspecified atom stereocenters. The van der Waals surface area contributed by atoms with Crippen LogP contribution in [-0.2, 0) is 19.1 Å². The summed E-state index contributed by atoms with van der Waals surface area (Å²) in [7, 11) is 0. The summed E-state index contributed by atoms with van der Waals surface area (Å²) in [5.41, 5.74) is -2.61. The van der Waals surface area contributed by atoms with Crippen LogP contribution in [-0.4, -0.2) is 35.4 Å². The third kappa shape index (κ3) is 5.16. The number of carbonyl (C=O) groups is 2. The van der Waals surface area contributed by atoms with Crippen LogP contribution in [0.2, 0.25) is 0 Å². The highest BCUT2D eigenvalue weighted by molar-refractivity contribution is 5.76. The average molecular weight is 431 g/mol. The average Bonchev–Trinajstić information content (AvgIpc) is 2.82. The van der Waals surface area contributed by atoms with Crippen molar-refractivity contribution in [2.45, 2.75) is 91.3 Å². The molecule has 1 fully saturated rings. The maximum Gasteiger partial charge on any atom is 0.311 e. The molecule has 0 aromatic rings. The fourth-order valence-electron chi connectivity index (χ4n) is 4.05. The maximum absolute atomic E-state index is 13.5. The summed E-state index contributed by atoms with van der Waals surface area (Å²) in [6.07, 6.45) is -9.78. The Bertz CT molecular complexity index is 1190. The molecule has 0 aromatic carbocycles. The minimum absolute atomic E-state index is 0.0502. The Morgan fingerprint density at radius 3 is 2.97 bits per heavy atom. The van der Waals surface area contributed by atoms with Crippen LogP contribution in [0.3, 0.4) is 0 Å². The van der Waals surface area contributed by atoms with Crippen molar-refractivity contribution in [2.24, 2.45) is 29.0 Å². The zero-order valence-corrected chi connectivity index (χ0v) is 17.8. The molecule has 0 amide bonds. The van der Waals surface area contributed by atoms with Crippen molar-refractivity contribution in [1.82, 2.24) is 0 Å². The van der Waals surface area contributed by atoms with Gasteiger partial charge in [0.05, 0.1) is 22.1 Å². The first kappa shape index (κ1) is 11.8. The number of carbonyl (C=O) groups excluding carboxylic acids is 2. The van der Waals surface area contributed by atoms with Gasteiger partial charge in [-0.05, 0) is 62.7 Å². The van der Waals surface area contributed by atoms with Gasteiger partial charge in [0.25, 0.3) is 0 Å². The molecule has 2 aliphatic carbocycles. The Morgan fingerprint density at radius 1 is 1.50 bits per heavy atom. The van der Waals surface area contributed by atoms with Crippen LogP contribution in [0.1, 0.15) is 89.4 Å². The number of aliphatic hydroxyl groups is 1. The third-order valence-electron chi connectivity index (χ3n) is 5.82. The predicted octanol–water partition coefficient (Wildman–Crippen LogP) is 4.59. The third-order valence-corrected chi connectivity index (χ3v) is 5.82. The molecule has 1 aliphatic heterocycles. The second-order valence-electron chi connectivity index (χ2n) is 8.73. The molecule has 0 bridgehead atoms. The number of hydrogen-bond acceptors (Lipinski definition) is 5. The highest BCUT2D eigenvalue weighted by atomic mass is 16.6. The van der Waals surface area contributed by atoms with E-state index in [1.807, 2.05) is 0 Å². The van der Waals surface area contributed by atoms with Crippen molar-refractivity contribution < 1.29 is 40.6 Å². The lowest BCUT2D eigenvalue weighted by atomic mass is 9.65. The molecule has 0 aromatic heterocycles. The summed E-state index contributed by atoms with van der Waals surface area (Å²) in [6, 6.07) is -1.74. The molecule has 5 nitrogen and oxygen atoms in total. The molecule has 7 atom stereocenters. The molecule has 1 N–H and O–H groups in total. The van der Waals surface area contributed by atoms with E-state index in [0.29, 0.717) is 0 Å². The van der Waals surface area contributed by atoms with Crippen LogP contribution in [0.15, 0.2) is 23.7 Å². The molecule has 0 radical (unpaired) electrons. The molecule has 3 rings (SSSR count). The number of esters is 2. The van der Waals surface area contributed by atoms with Gasteiger partial charge >= 0.3 is 11.9 Å². The molecular weight excluding hydrogens is 380 g/mol. The molecule has 5 heteroatoms. The highest BCUT2D eigenvalue weighted by Crippen LogP contribution is 2.45. The van der Waals surface area contributed by atoms with Crippen LogP contribution >= 0.6 is 0 Å². The summed E-state index contributed by atoms with van der Waals surface area (Å²) >= 11 is 0. The minimum atomic E-state index is -3.27. The molecule has 1 saturated heterocycles. The molecule has 0 saturated carbocycles. The fraction of sp³-hybridized carbons (Fsp3) is 0.760. The summed E-state index contributed by atoms with van der Waals surface area (Å²) in [6.45, 7) is 1.10. The van der Waals surface area contributed by atoms with E-state index in [4.69, 9.17) is 25.9 Å². The first-order valence-electron chi connectivity index (χ1n) is 16.2. The second-order valence-corrected chi connectivity index (χ2v) is 8.73. The number of allylic oxidation sites excluding steroid dienone is 3. The number of cyclic esters (lactones) is 1. The number of ether oxygens (including phenoxy) is 2. The van der Waals surface area contributed by atoms with Gasteiger partial charge in [0, 0.05) is 24.7 Å². The van der Waals surface area contributed by atoms with Crippen molar-refractivity contribution in [1.29, 1.82) is 0 Å².